The summed E-state index contributed by atoms with van der Waals surface area (Å²) in [4.78, 5) is 0. The fourth-order valence-electron chi connectivity index (χ4n) is 8.78. The molecule has 4 heteroatoms. The van der Waals surface area contributed by atoms with Crippen LogP contribution in [0.2, 0.25) is 0 Å². The van der Waals surface area contributed by atoms with Crippen molar-refractivity contribution in [3.63, 3.8) is 0 Å². The first kappa shape index (κ1) is 28.7. The molecule has 0 bridgehead atoms. The number of nitrogens with zero attached hydrogens (tertiary/aromatic N) is 1. The number of thiophene rings is 2. The highest BCUT2D eigenvalue weighted by Gasteiger charge is 2.33. The van der Waals surface area contributed by atoms with Crippen LogP contribution in [0.1, 0.15) is 23.5 Å². The van der Waals surface area contributed by atoms with Crippen molar-refractivity contribution < 1.29 is 4.74 Å². The predicted molar refractivity (Wildman–Crippen MR) is 222 cm³/mol. The molecular weight excluding hydrogens is 671 g/mol. The molecule has 2 aliphatic rings. The van der Waals surface area contributed by atoms with Crippen LogP contribution in [0.15, 0.2) is 164 Å². The zero-order chi connectivity index (χ0) is 33.9. The van der Waals surface area contributed by atoms with Crippen LogP contribution in [-0.2, 0) is 0 Å². The molecule has 12 rings (SSSR count). The van der Waals surface area contributed by atoms with Gasteiger partial charge in [0, 0.05) is 68.3 Å². The molecule has 1 unspecified atom stereocenters. The van der Waals surface area contributed by atoms with E-state index in [0.29, 0.717) is 0 Å². The third-order valence-corrected chi connectivity index (χ3v) is 13.5. The number of benzene rings is 7. The Balaban J connectivity index is 1.000. The van der Waals surface area contributed by atoms with Crippen molar-refractivity contribution in [2.24, 2.45) is 0 Å². The van der Waals surface area contributed by atoms with Gasteiger partial charge >= 0.3 is 0 Å². The first-order valence-electron chi connectivity index (χ1n) is 17.8. The van der Waals surface area contributed by atoms with Crippen molar-refractivity contribution in [3.05, 3.63) is 175 Å². The molecule has 2 nitrogen and oxygen atoms in total. The predicted octanol–water partition coefficient (Wildman–Crippen LogP) is 14.0. The molecule has 244 valence electrons. The summed E-state index contributed by atoms with van der Waals surface area (Å²) in [6.45, 7) is 0. The third kappa shape index (κ3) is 4.11. The van der Waals surface area contributed by atoms with Crippen LogP contribution >= 0.6 is 22.7 Å². The number of hydrogen-bond acceptors (Lipinski definition) is 3. The smallest absolute Gasteiger partial charge is 0.130 e. The first-order chi connectivity index (χ1) is 25.7. The molecule has 0 fully saturated rings. The molecule has 0 saturated carbocycles. The summed E-state index contributed by atoms with van der Waals surface area (Å²) < 4.78 is 14.2. The summed E-state index contributed by atoms with van der Waals surface area (Å²) in [7, 11) is 0. The van der Waals surface area contributed by atoms with Gasteiger partial charge in [-0.3, -0.25) is 0 Å². The van der Waals surface area contributed by atoms with Crippen molar-refractivity contribution >= 4 is 90.4 Å². The lowest BCUT2D eigenvalue weighted by Crippen LogP contribution is -2.04. The lowest BCUT2D eigenvalue weighted by Gasteiger charge is -2.18. The van der Waals surface area contributed by atoms with Gasteiger partial charge in [-0.2, -0.15) is 0 Å². The van der Waals surface area contributed by atoms with Crippen LogP contribution < -0.4 is 4.74 Å². The van der Waals surface area contributed by atoms with Crippen molar-refractivity contribution in [1.82, 2.24) is 4.57 Å². The monoisotopic (exact) mass is 699 g/mol. The number of fused-ring (bicyclic) bond motifs is 13. The SMILES string of the molecule is C1=C(c2ccc3sc4ccc5sc6ccc(-n7c8ccccc8c8ccccc87)cc6c5c4c3c2)CC2C(=C1)Oc1ccc(-c3ccccc3)cc12. The minimum Gasteiger partial charge on any atom is -0.461 e. The number of hydrogen-bond donors (Lipinski definition) is 0. The van der Waals surface area contributed by atoms with E-state index in [0.717, 1.165) is 17.9 Å². The van der Waals surface area contributed by atoms with E-state index in [2.05, 4.69) is 162 Å². The highest BCUT2D eigenvalue weighted by molar-refractivity contribution is 7.28. The Morgan fingerprint density at radius 1 is 0.500 bits per heavy atom. The normalized spacial score (nSPS) is 15.4. The van der Waals surface area contributed by atoms with Crippen molar-refractivity contribution in [2.45, 2.75) is 12.3 Å². The summed E-state index contributed by atoms with van der Waals surface area (Å²) in [5.74, 6) is 2.26. The largest absolute Gasteiger partial charge is 0.461 e. The van der Waals surface area contributed by atoms with Gasteiger partial charge in [-0.1, -0.05) is 84.9 Å². The molecule has 4 heterocycles. The highest BCUT2D eigenvalue weighted by Crippen LogP contribution is 2.50. The maximum Gasteiger partial charge on any atom is 0.130 e. The fourth-order valence-corrected chi connectivity index (χ4v) is 11.0. The molecular formula is C48H29NOS2. The van der Waals surface area contributed by atoms with Crippen LogP contribution in [-0.4, -0.2) is 4.57 Å². The minimum atomic E-state index is 0.223. The minimum absolute atomic E-state index is 0.223. The van der Waals surface area contributed by atoms with Crippen LogP contribution in [0.5, 0.6) is 5.75 Å². The number of para-hydroxylation sites is 2. The topological polar surface area (TPSA) is 14.2 Å². The highest BCUT2D eigenvalue weighted by atomic mass is 32.1. The number of rotatable bonds is 3. The number of allylic oxidation sites excluding steroid dienone is 4. The molecule has 0 spiro atoms. The molecule has 0 amide bonds. The second-order valence-electron chi connectivity index (χ2n) is 14.0. The van der Waals surface area contributed by atoms with E-state index in [9.17, 15) is 0 Å². The van der Waals surface area contributed by atoms with Crippen LogP contribution in [0.4, 0.5) is 0 Å². The van der Waals surface area contributed by atoms with E-state index < -0.39 is 0 Å². The van der Waals surface area contributed by atoms with Gasteiger partial charge in [-0.15, -0.1) is 22.7 Å². The maximum absolute atomic E-state index is 6.38. The van der Waals surface area contributed by atoms with Gasteiger partial charge in [-0.25, -0.2) is 0 Å². The molecule has 1 atom stereocenters. The molecule has 52 heavy (non-hydrogen) atoms. The van der Waals surface area contributed by atoms with E-state index in [1.807, 2.05) is 22.7 Å². The summed E-state index contributed by atoms with van der Waals surface area (Å²) in [6.07, 6.45) is 5.39. The van der Waals surface area contributed by atoms with E-state index in [1.54, 1.807) is 0 Å². The maximum atomic E-state index is 6.38. The second kappa shape index (κ2) is 10.8. The Hall–Kier alpha value is -5.94. The summed E-state index contributed by atoms with van der Waals surface area (Å²) in [6, 6.07) is 53.7. The van der Waals surface area contributed by atoms with Crippen LogP contribution in [0, 0.1) is 0 Å². The van der Waals surface area contributed by atoms with Crippen LogP contribution in [0.25, 0.3) is 84.5 Å². The fraction of sp³-hybridized carbons (Fsp3) is 0.0417. The van der Waals surface area contributed by atoms with E-state index in [-0.39, 0.29) is 5.92 Å². The van der Waals surface area contributed by atoms with Crippen LogP contribution in [0.3, 0.4) is 0 Å². The van der Waals surface area contributed by atoms with Crippen molar-refractivity contribution in [1.29, 1.82) is 0 Å². The second-order valence-corrected chi connectivity index (χ2v) is 16.2. The molecule has 0 saturated heterocycles. The van der Waals surface area contributed by atoms with Gasteiger partial charge in [0.15, 0.2) is 0 Å². The van der Waals surface area contributed by atoms with Gasteiger partial charge in [0.05, 0.1) is 11.0 Å². The van der Waals surface area contributed by atoms with E-state index in [1.165, 1.54) is 95.7 Å². The van der Waals surface area contributed by atoms with Gasteiger partial charge in [0.2, 0.25) is 0 Å². The molecule has 0 N–H and O–H groups in total. The molecule has 0 radical (unpaired) electrons. The Kier molecular flexibility index (Phi) is 5.96. The van der Waals surface area contributed by atoms with Gasteiger partial charge in [0.25, 0.3) is 0 Å². The lowest BCUT2D eigenvalue weighted by atomic mass is 9.84. The first-order valence-corrected chi connectivity index (χ1v) is 19.5. The Bertz CT molecular complexity index is 3140. The number of aromatic nitrogens is 1. The molecule has 3 aromatic heterocycles. The lowest BCUT2D eigenvalue weighted by molar-refractivity contribution is 0.426. The van der Waals surface area contributed by atoms with Gasteiger partial charge < -0.3 is 9.30 Å². The van der Waals surface area contributed by atoms with E-state index >= 15 is 0 Å². The molecule has 1 aliphatic heterocycles. The summed E-state index contributed by atoms with van der Waals surface area (Å²) in [5, 5.41) is 7.99. The molecule has 10 aromatic rings. The van der Waals surface area contributed by atoms with Gasteiger partial charge in [-0.05, 0) is 101 Å². The third-order valence-electron chi connectivity index (χ3n) is 11.2. The van der Waals surface area contributed by atoms with Crippen molar-refractivity contribution in [2.75, 3.05) is 0 Å². The van der Waals surface area contributed by atoms with E-state index in [4.69, 9.17) is 4.74 Å². The standard InChI is InChI=1S/C48H29NOS2/c1-2-8-28(9-3-1)29-14-18-41-35(24-29)36-25-30(15-19-42(36)50-41)31-16-20-43-37(26-31)47-45(51-43)22-23-46-48(47)38-27-32(17-21-44(38)52-46)49-39-12-6-4-10-33(39)34-11-5-7-13-40(34)49/h1-24,26-27,36H,25H2. The Morgan fingerprint density at radius 2 is 1.13 bits per heavy atom. The molecule has 7 aromatic carbocycles. The average molecular weight is 700 g/mol. The Morgan fingerprint density at radius 3 is 1.88 bits per heavy atom. The summed E-state index contributed by atoms with van der Waals surface area (Å²) in [5.41, 5.74) is 10.1. The molecule has 1 aliphatic carbocycles. The Labute approximate surface area is 307 Å². The number of ether oxygens (including phenoxy) is 1. The average Bonchev–Trinajstić information content (AvgIpc) is 3.95. The summed E-state index contributed by atoms with van der Waals surface area (Å²) >= 11 is 3.80. The quantitative estimate of drug-likeness (QED) is 0.179. The van der Waals surface area contributed by atoms with Gasteiger partial charge in [0.1, 0.15) is 11.5 Å². The zero-order valence-corrected chi connectivity index (χ0v) is 29.6. The zero-order valence-electron chi connectivity index (χ0n) is 28.0. The van der Waals surface area contributed by atoms with Crippen molar-refractivity contribution in [3.8, 4) is 22.6 Å².